The molecule has 5 heteroatoms. The van der Waals surface area contributed by atoms with Crippen LogP contribution < -0.4 is 11.1 Å². The Balaban J connectivity index is 2.13. The normalized spacial score (nSPS) is 11.9. The number of nitrogen functional groups attached to an aromatic ring is 1. The van der Waals surface area contributed by atoms with Crippen LogP contribution in [0.4, 0.5) is 5.69 Å². The Morgan fingerprint density at radius 3 is 2.63 bits per heavy atom. The molecule has 0 unspecified atom stereocenters. The van der Waals surface area contributed by atoms with Gasteiger partial charge in [0.05, 0.1) is 11.6 Å². The molecule has 0 aliphatic carbocycles. The van der Waals surface area contributed by atoms with Gasteiger partial charge in [-0.3, -0.25) is 9.78 Å². The number of nitrogens with two attached hydrogens (primary N) is 1. The third kappa shape index (κ3) is 3.32. The predicted molar refractivity (Wildman–Crippen MR) is 78.7 cm³/mol. The van der Waals surface area contributed by atoms with E-state index in [-0.39, 0.29) is 11.9 Å². The van der Waals surface area contributed by atoms with Crippen LogP contribution >= 0.6 is 15.9 Å². The molecule has 2 aromatic rings. The molecule has 0 fully saturated rings. The predicted octanol–water partition coefficient (Wildman–Crippen LogP) is 2.92. The Morgan fingerprint density at radius 2 is 2.00 bits per heavy atom. The quantitative estimate of drug-likeness (QED) is 0.855. The number of hydrogen-bond donors (Lipinski definition) is 2. The van der Waals surface area contributed by atoms with Gasteiger partial charge in [-0.15, -0.1) is 0 Å². The van der Waals surface area contributed by atoms with Crippen molar-refractivity contribution in [3.63, 3.8) is 0 Å². The summed E-state index contributed by atoms with van der Waals surface area (Å²) < 4.78 is 0.851. The maximum atomic E-state index is 12.1. The second-order valence-electron chi connectivity index (χ2n) is 4.21. The maximum absolute atomic E-state index is 12.1. The van der Waals surface area contributed by atoms with Crippen molar-refractivity contribution in [2.24, 2.45) is 0 Å². The lowest BCUT2D eigenvalue weighted by molar-refractivity contribution is 0.0941. The first kappa shape index (κ1) is 13.5. The average Bonchev–Trinajstić information content (AvgIpc) is 2.39. The minimum absolute atomic E-state index is 0.0986. The van der Waals surface area contributed by atoms with Gasteiger partial charge >= 0.3 is 0 Å². The maximum Gasteiger partial charge on any atom is 0.253 e. The highest BCUT2D eigenvalue weighted by molar-refractivity contribution is 9.10. The zero-order valence-electron chi connectivity index (χ0n) is 10.4. The Kier molecular flexibility index (Phi) is 4.16. The van der Waals surface area contributed by atoms with Crippen molar-refractivity contribution in [1.82, 2.24) is 10.3 Å². The van der Waals surface area contributed by atoms with Crippen molar-refractivity contribution in [2.75, 3.05) is 5.73 Å². The molecule has 0 bridgehead atoms. The molecule has 0 saturated heterocycles. The van der Waals surface area contributed by atoms with E-state index >= 15 is 0 Å². The molecule has 0 saturated carbocycles. The van der Waals surface area contributed by atoms with Gasteiger partial charge in [0.25, 0.3) is 5.91 Å². The van der Waals surface area contributed by atoms with Crippen molar-refractivity contribution in [1.29, 1.82) is 0 Å². The minimum atomic E-state index is -0.186. The molecule has 19 heavy (non-hydrogen) atoms. The summed E-state index contributed by atoms with van der Waals surface area (Å²) in [5, 5.41) is 2.91. The summed E-state index contributed by atoms with van der Waals surface area (Å²) in [6, 6.07) is 8.85. The number of amides is 1. The van der Waals surface area contributed by atoms with Crippen LogP contribution in [0.25, 0.3) is 0 Å². The molecule has 0 aliphatic heterocycles. The highest BCUT2D eigenvalue weighted by Crippen LogP contribution is 2.19. The number of rotatable bonds is 3. The first-order chi connectivity index (χ1) is 9.08. The molecule has 1 amide bonds. The third-order valence-corrected chi connectivity index (χ3v) is 3.31. The Labute approximate surface area is 120 Å². The van der Waals surface area contributed by atoms with Crippen LogP contribution in [0.2, 0.25) is 0 Å². The highest BCUT2D eigenvalue weighted by atomic mass is 79.9. The SMILES string of the molecule is C[C@H](NC(=O)c1ccc(Br)cc1N)c1ccncc1. The lowest BCUT2D eigenvalue weighted by Gasteiger charge is -2.15. The number of aromatic nitrogens is 1. The van der Waals surface area contributed by atoms with Gasteiger partial charge in [-0.25, -0.2) is 0 Å². The van der Waals surface area contributed by atoms with Crippen LogP contribution in [-0.4, -0.2) is 10.9 Å². The van der Waals surface area contributed by atoms with Gasteiger partial charge in [0.2, 0.25) is 0 Å². The van der Waals surface area contributed by atoms with Crippen LogP contribution in [0.3, 0.4) is 0 Å². The lowest BCUT2D eigenvalue weighted by Crippen LogP contribution is -2.27. The number of benzene rings is 1. The molecule has 1 aromatic carbocycles. The fourth-order valence-electron chi connectivity index (χ4n) is 1.75. The van der Waals surface area contributed by atoms with Gasteiger partial charge in [0.15, 0.2) is 0 Å². The minimum Gasteiger partial charge on any atom is -0.398 e. The molecule has 2 rings (SSSR count). The van der Waals surface area contributed by atoms with E-state index in [0.717, 1.165) is 10.0 Å². The first-order valence-corrected chi connectivity index (χ1v) is 6.63. The summed E-state index contributed by atoms with van der Waals surface area (Å²) in [4.78, 5) is 16.1. The zero-order chi connectivity index (χ0) is 13.8. The van der Waals surface area contributed by atoms with E-state index in [1.165, 1.54) is 0 Å². The van der Waals surface area contributed by atoms with Crippen molar-refractivity contribution in [2.45, 2.75) is 13.0 Å². The van der Waals surface area contributed by atoms with E-state index in [1.54, 1.807) is 30.6 Å². The van der Waals surface area contributed by atoms with Gasteiger partial charge in [-0.1, -0.05) is 15.9 Å². The molecule has 1 atom stereocenters. The molecule has 0 spiro atoms. The van der Waals surface area contributed by atoms with Crippen molar-refractivity contribution >= 4 is 27.5 Å². The number of nitrogens with one attached hydrogen (secondary N) is 1. The van der Waals surface area contributed by atoms with Crippen LogP contribution in [-0.2, 0) is 0 Å². The molecule has 0 radical (unpaired) electrons. The smallest absolute Gasteiger partial charge is 0.253 e. The first-order valence-electron chi connectivity index (χ1n) is 5.83. The standard InChI is InChI=1S/C14H14BrN3O/c1-9(10-4-6-17-7-5-10)18-14(19)12-3-2-11(15)8-13(12)16/h2-9H,16H2,1H3,(H,18,19)/t9-/m0/s1. The Morgan fingerprint density at radius 1 is 1.32 bits per heavy atom. The Hall–Kier alpha value is -1.88. The molecule has 1 aromatic heterocycles. The summed E-state index contributed by atoms with van der Waals surface area (Å²) in [6.45, 7) is 1.92. The van der Waals surface area contributed by atoms with E-state index in [2.05, 4.69) is 26.2 Å². The molecule has 98 valence electrons. The topological polar surface area (TPSA) is 68.0 Å². The largest absolute Gasteiger partial charge is 0.398 e. The molecule has 3 N–H and O–H groups in total. The van der Waals surface area contributed by atoms with Crippen LogP contribution in [0, 0.1) is 0 Å². The summed E-state index contributed by atoms with van der Waals surface area (Å²) in [7, 11) is 0. The second kappa shape index (κ2) is 5.84. The van der Waals surface area contributed by atoms with E-state index in [9.17, 15) is 4.79 Å². The summed E-state index contributed by atoms with van der Waals surface area (Å²) in [5.74, 6) is -0.186. The molecular formula is C14H14BrN3O. The van der Waals surface area contributed by atoms with Crippen LogP contribution in [0.1, 0.15) is 28.9 Å². The van der Waals surface area contributed by atoms with E-state index in [1.807, 2.05) is 19.1 Å². The van der Waals surface area contributed by atoms with Gasteiger partial charge in [-0.05, 0) is 42.8 Å². The number of hydrogen-bond acceptors (Lipinski definition) is 3. The number of nitrogens with zero attached hydrogens (tertiary/aromatic N) is 1. The second-order valence-corrected chi connectivity index (χ2v) is 5.12. The number of carbonyl (C=O) groups excluding carboxylic acids is 1. The fourth-order valence-corrected chi connectivity index (χ4v) is 2.13. The van der Waals surface area contributed by atoms with Crippen molar-refractivity contribution < 1.29 is 4.79 Å². The summed E-state index contributed by atoms with van der Waals surface area (Å²) in [6.07, 6.45) is 3.40. The van der Waals surface area contributed by atoms with E-state index < -0.39 is 0 Å². The van der Waals surface area contributed by atoms with E-state index in [0.29, 0.717) is 11.3 Å². The number of anilines is 1. The third-order valence-electron chi connectivity index (χ3n) is 2.81. The van der Waals surface area contributed by atoms with Crippen LogP contribution in [0.15, 0.2) is 47.2 Å². The zero-order valence-corrected chi connectivity index (χ0v) is 12.0. The monoisotopic (exact) mass is 319 g/mol. The number of carbonyl (C=O) groups is 1. The van der Waals surface area contributed by atoms with E-state index in [4.69, 9.17) is 5.73 Å². The van der Waals surface area contributed by atoms with Gasteiger partial charge in [0, 0.05) is 22.6 Å². The number of halogens is 1. The summed E-state index contributed by atoms with van der Waals surface area (Å²) in [5.41, 5.74) is 7.76. The van der Waals surface area contributed by atoms with Gasteiger partial charge < -0.3 is 11.1 Å². The average molecular weight is 320 g/mol. The Bertz CT molecular complexity index is 586. The molecular weight excluding hydrogens is 306 g/mol. The van der Waals surface area contributed by atoms with Gasteiger partial charge in [-0.2, -0.15) is 0 Å². The lowest BCUT2D eigenvalue weighted by atomic mass is 10.1. The highest BCUT2D eigenvalue weighted by Gasteiger charge is 2.13. The molecule has 4 nitrogen and oxygen atoms in total. The fraction of sp³-hybridized carbons (Fsp3) is 0.143. The van der Waals surface area contributed by atoms with Crippen molar-refractivity contribution in [3.05, 3.63) is 58.3 Å². The van der Waals surface area contributed by atoms with Crippen LogP contribution in [0.5, 0.6) is 0 Å². The number of pyridine rings is 1. The molecule has 0 aliphatic rings. The van der Waals surface area contributed by atoms with Gasteiger partial charge in [0.1, 0.15) is 0 Å². The molecule has 1 heterocycles. The summed E-state index contributed by atoms with van der Waals surface area (Å²) >= 11 is 3.31. The van der Waals surface area contributed by atoms with Crippen molar-refractivity contribution in [3.8, 4) is 0 Å².